The van der Waals surface area contributed by atoms with Gasteiger partial charge in [-0.25, -0.2) is 4.79 Å². The summed E-state index contributed by atoms with van der Waals surface area (Å²) in [6.45, 7) is 0. The molecule has 6 nitrogen and oxygen atoms in total. The first-order valence-corrected chi connectivity index (χ1v) is 5.76. The lowest BCUT2D eigenvalue weighted by Gasteiger charge is -2.08. The van der Waals surface area contributed by atoms with Crippen LogP contribution in [-0.4, -0.2) is 4.98 Å². The standard InChI is InChI=1S/C14H9N3O3/c15-7-8-2-1-3-9(4-8)19-12-6-11-13(5-10(12)16)20-14(18)17-11/h1-6H,16H2,(H,17,18). The third kappa shape index (κ3) is 2.08. The molecule has 6 heteroatoms. The molecule has 1 heterocycles. The summed E-state index contributed by atoms with van der Waals surface area (Å²) in [6.07, 6.45) is 0. The summed E-state index contributed by atoms with van der Waals surface area (Å²) in [5, 5.41) is 8.84. The maximum Gasteiger partial charge on any atom is 0.417 e. The van der Waals surface area contributed by atoms with Crippen LogP contribution in [0.25, 0.3) is 11.1 Å². The fourth-order valence-electron chi connectivity index (χ4n) is 1.84. The highest BCUT2D eigenvalue weighted by molar-refractivity contribution is 5.80. The number of benzene rings is 2. The molecule has 0 radical (unpaired) electrons. The van der Waals surface area contributed by atoms with E-state index in [0.717, 1.165) is 0 Å². The number of anilines is 1. The van der Waals surface area contributed by atoms with Crippen LogP contribution in [0.4, 0.5) is 5.69 Å². The number of aromatic amines is 1. The molecule has 0 amide bonds. The minimum Gasteiger partial charge on any atom is -0.455 e. The number of nitrogens with zero attached hydrogens (tertiary/aromatic N) is 1. The molecule has 0 bridgehead atoms. The van der Waals surface area contributed by atoms with Crippen LogP contribution >= 0.6 is 0 Å². The molecule has 0 fully saturated rings. The lowest BCUT2D eigenvalue weighted by atomic mass is 10.2. The van der Waals surface area contributed by atoms with Crippen molar-refractivity contribution in [3.05, 3.63) is 52.5 Å². The van der Waals surface area contributed by atoms with Gasteiger partial charge in [0.25, 0.3) is 0 Å². The Morgan fingerprint density at radius 1 is 1.30 bits per heavy atom. The molecular formula is C14H9N3O3. The molecule has 3 N–H and O–H groups in total. The van der Waals surface area contributed by atoms with Gasteiger partial charge < -0.3 is 14.9 Å². The molecular weight excluding hydrogens is 258 g/mol. The number of H-pyrrole nitrogens is 1. The van der Waals surface area contributed by atoms with Gasteiger partial charge in [0, 0.05) is 12.1 Å². The van der Waals surface area contributed by atoms with Crippen LogP contribution < -0.4 is 16.2 Å². The van der Waals surface area contributed by atoms with Crippen LogP contribution in [0.5, 0.6) is 11.5 Å². The third-order valence-electron chi connectivity index (χ3n) is 2.74. The number of nitrogens with two attached hydrogens (primary N) is 1. The Hall–Kier alpha value is -3.20. The average molecular weight is 267 g/mol. The van der Waals surface area contributed by atoms with Crippen LogP contribution in [0.3, 0.4) is 0 Å². The average Bonchev–Trinajstić information content (AvgIpc) is 2.78. The molecule has 20 heavy (non-hydrogen) atoms. The molecule has 0 saturated heterocycles. The van der Waals surface area contributed by atoms with E-state index in [2.05, 4.69) is 4.98 Å². The summed E-state index contributed by atoms with van der Waals surface area (Å²) in [6, 6.07) is 11.8. The molecule has 3 aromatic rings. The summed E-state index contributed by atoms with van der Waals surface area (Å²) in [5.41, 5.74) is 7.53. The number of fused-ring (bicyclic) bond motifs is 1. The number of nitrogens with one attached hydrogen (secondary N) is 1. The largest absolute Gasteiger partial charge is 0.455 e. The number of nitriles is 1. The van der Waals surface area contributed by atoms with Gasteiger partial charge in [-0.2, -0.15) is 5.26 Å². The van der Waals surface area contributed by atoms with Gasteiger partial charge in [0.1, 0.15) is 5.75 Å². The van der Waals surface area contributed by atoms with Crippen molar-refractivity contribution in [1.82, 2.24) is 4.98 Å². The molecule has 98 valence electrons. The van der Waals surface area contributed by atoms with Crippen molar-refractivity contribution < 1.29 is 9.15 Å². The molecule has 0 aliphatic heterocycles. The third-order valence-corrected chi connectivity index (χ3v) is 2.74. The second kappa shape index (κ2) is 4.48. The molecule has 0 unspecified atom stereocenters. The molecule has 1 aromatic heterocycles. The van der Waals surface area contributed by atoms with Crippen LogP contribution in [0.1, 0.15) is 5.56 Å². The van der Waals surface area contributed by atoms with Gasteiger partial charge in [0.05, 0.1) is 22.8 Å². The minimum absolute atomic E-state index is 0.336. The zero-order valence-electron chi connectivity index (χ0n) is 10.2. The summed E-state index contributed by atoms with van der Waals surface area (Å²) in [7, 11) is 0. The zero-order valence-corrected chi connectivity index (χ0v) is 10.2. The second-order valence-electron chi connectivity index (χ2n) is 4.14. The number of hydrogen-bond acceptors (Lipinski definition) is 5. The minimum atomic E-state index is -0.553. The smallest absolute Gasteiger partial charge is 0.417 e. The first kappa shape index (κ1) is 11.9. The van der Waals surface area contributed by atoms with E-state index in [-0.39, 0.29) is 0 Å². The molecule has 0 saturated carbocycles. The Kier molecular flexibility index (Phi) is 2.66. The van der Waals surface area contributed by atoms with Gasteiger partial charge in [-0.05, 0) is 18.2 Å². The van der Waals surface area contributed by atoms with E-state index in [0.29, 0.717) is 33.8 Å². The highest BCUT2D eigenvalue weighted by atomic mass is 16.5. The maximum atomic E-state index is 11.1. The van der Waals surface area contributed by atoms with Gasteiger partial charge >= 0.3 is 5.76 Å². The fraction of sp³-hybridized carbons (Fsp3) is 0. The zero-order chi connectivity index (χ0) is 14.1. The first-order valence-electron chi connectivity index (χ1n) is 5.76. The van der Waals surface area contributed by atoms with E-state index < -0.39 is 5.76 Å². The van der Waals surface area contributed by atoms with Crippen molar-refractivity contribution in [3.63, 3.8) is 0 Å². The molecule has 0 aliphatic carbocycles. The van der Waals surface area contributed by atoms with Crippen molar-refractivity contribution in [2.24, 2.45) is 0 Å². The highest BCUT2D eigenvalue weighted by Crippen LogP contribution is 2.31. The van der Waals surface area contributed by atoms with Crippen molar-refractivity contribution in [2.45, 2.75) is 0 Å². The van der Waals surface area contributed by atoms with E-state index in [1.165, 1.54) is 6.07 Å². The van der Waals surface area contributed by atoms with Crippen molar-refractivity contribution in [2.75, 3.05) is 5.73 Å². The number of nitrogen functional groups attached to an aromatic ring is 1. The number of ether oxygens (including phenoxy) is 1. The monoisotopic (exact) mass is 267 g/mol. The topological polar surface area (TPSA) is 105 Å². The Morgan fingerprint density at radius 3 is 2.95 bits per heavy atom. The maximum absolute atomic E-state index is 11.1. The van der Waals surface area contributed by atoms with E-state index in [1.807, 2.05) is 6.07 Å². The Bertz CT molecular complexity index is 887. The predicted molar refractivity (Wildman–Crippen MR) is 72.5 cm³/mol. The number of aromatic nitrogens is 1. The summed E-state index contributed by atoms with van der Waals surface area (Å²) in [4.78, 5) is 13.6. The van der Waals surface area contributed by atoms with Crippen LogP contribution in [0.2, 0.25) is 0 Å². The second-order valence-corrected chi connectivity index (χ2v) is 4.14. The first-order chi connectivity index (χ1) is 9.65. The van der Waals surface area contributed by atoms with E-state index in [4.69, 9.17) is 20.1 Å². The van der Waals surface area contributed by atoms with E-state index in [9.17, 15) is 4.79 Å². The predicted octanol–water partition coefficient (Wildman–Crippen LogP) is 2.37. The Labute approximate surface area is 113 Å². The van der Waals surface area contributed by atoms with Gasteiger partial charge in [0.2, 0.25) is 0 Å². The number of hydrogen-bond donors (Lipinski definition) is 2. The summed E-state index contributed by atoms with van der Waals surface area (Å²) < 4.78 is 10.5. The summed E-state index contributed by atoms with van der Waals surface area (Å²) in [5.74, 6) is 0.314. The van der Waals surface area contributed by atoms with E-state index in [1.54, 1.807) is 30.3 Å². The molecule has 0 atom stereocenters. The quantitative estimate of drug-likeness (QED) is 0.693. The summed E-state index contributed by atoms with van der Waals surface area (Å²) >= 11 is 0. The van der Waals surface area contributed by atoms with Gasteiger partial charge in [-0.15, -0.1) is 0 Å². The molecule has 0 spiro atoms. The lowest BCUT2D eigenvalue weighted by Crippen LogP contribution is -1.93. The Morgan fingerprint density at radius 2 is 2.15 bits per heavy atom. The number of oxazole rings is 1. The van der Waals surface area contributed by atoms with E-state index >= 15 is 0 Å². The normalized spacial score (nSPS) is 10.3. The van der Waals surface area contributed by atoms with Gasteiger partial charge in [-0.3, -0.25) is 4.98 Å². The highest BCUT2D eigenvalue weighted by Gasteiger charge is 2.09. The van der Waals surface area contributed by atoms with Crippen LogP contribution in [0, 0.1) is 11.3 Å². The van der Waals surface area contributed by atoms with Crippen molar-refractivity contribution in [1.29, 1.82) is 5.26 Å². The SMILES string of the molecule is N#Cc1cccc(Oc2cc3[nH]c(=O)oc3cc2N)c1. The van der Waals surface area contributed by atoms with Gasteiger partial charge in [0.15, 0.2) is 11.3 Å². The Balaban J connectivity index is 2.03. The van der Waals surface area contributed by atoms with Crippen molar-refractivity contribution in [3.8, 4) is 17.6 Å². The molecule has 3 rings (SSSR count). The van der Waals surface area contributed by atoms with Crippen LogP contribution in [0.15, 0.2) is 45.6 Å². The van der Waals surface area contributed by atoms with Crippen molar-refractivity contribution >= 4 is 16.8 Å². The molecule has 2 aromatic carbocycles. The lowest BCUT2D eigenvalue weighted by molar-refractivity contribution is 0.485. The fourth-order valence-corrected chi connectivity index (χ4v) is 1.84. The molecule has 0 aliphatic rings. The van der Waals surface area contributed by atoms with Crippen LogP contribution in [-0.2, 0) is 0 Å². The number of rotatable bonds is 2. The van der Waals surface area contributed by atoms with Gasteiger partial charge in [-0.1, -0.05) is 6.07 Å².